The molecule has 1 aromatic carbocycles. The molecule has 112 valence electrons. The van der Waals surface area contributed by atoms with Gasteiger partial charge >= 0.3 is 0 Å². The van der Waals surface area contributed by atoms with Gasteiger partial charge in [-0.2, -0.15) is 0 Å². The molecule has 3 N–H and O–H groups in total. The molecule has 1 amide bonds. The van der Waals surface area contributed by atoms with Crippen molar-refractivity contribution in [2.75, 3.05) is 34.6 Å². The van der Waals surface area contributed by atoms with Crippen molar-refractivity contribution >= 4 is 37.9 Å². The molecule has 0 aliphatic rings. The molecule has 1 aromatic rings. The first-order valence-corrected chi connectivity index (χ1v) is 9.41. The summed E-state index contributed by atoms with van der Waals surface area (Å²) in [5, 5.41) is 2.63. The van der Waals surface area contributed by atoms with Crippen LogP contribution in [0.4, 0.5) is 11.4 Å². The SMILES string of the molecule is Cc1cc(N)ccc1NC(=O)CS(=O)CCS(C)(=O)=O. The van der Waals surface area contributed by atoms with Crippen molar-refractivity contribution in [3.05, 3.63) is 23.8 Å². The highest BCUT2D eigenvalue weighted by Gasteiger charge is 2.12. The summed E-state index contributed by atoms with van der Waals surface area (Å²) in [6, 6.07) is 5.04. The number of hydrogen-bond donors (Lipinski definition) is 2. The lowest BCUT2D eigenvalue weighted by Gasteiger charge is -2.08. The Hall–Kier alpha value is -1.41. The molecule has 1 unspecified atom stereocenters. The Morgan fingerprint density at radius 1 is 1.40 bits per heavy atom. The zero-order valence-electron chi connectivity index (χ0n) is 11.4. The Balaban J connectivity index is 2.53. The number of anilines is 2. The molecule has 0 radical (unpaired) electrons. The van der Waals surface area contributed by atoms with Crippen molar-refractivity contribution in [3.8, 4) is 0 Å². The van der Waals surface area contributed by atoms with Crippen LogP contribution in [0, 0.1) is 6.92 Å². The van der Waals surface area contributed by atoms with Crippen LogP contribution in [0.15, 0.2) is 18.2 Å². The van der Waals surface area contributed by atoms with Crippen LogP contribution < -0.4 is 11.1 Å². The van der Waals surface area contributed by atoms with Crippen LogP contribution >= 0.6 is 0 Å². The molecule has 0 fully saturated rings. The second-order valence-corrected chi connectivity index (χ2v) is 8.38. The van der Waals surface area contributed by atoms with Gasteiger partial charge < -0.3 is 11.1 Å². The number of sulfone groups is 1. The van der Waals surface area contributed by atoms with E-state index in [1.165, 1.54) is 0 Å². The topological polar surface area (TPSA) is 106 Å². The van der Waals surface area contributed by atoms with E-state index in [4.69, 9.17) is 5.73 Å². The number of benzene rings is 1. The van der Waals surface area contributed by atoms with E-state index < -0.39 is 26.5 Å². The van der Waals surface area contributed by atoms with Gasteiger partial charge in [0.05, 0.1) is 5.75 Å². The number of carbonyl (C=O) groups excluding carboxylic acids is 1. The first kappa shape index (κ1) is 16.6. The Kier molecular flexibility index (Phi) is 5.70. The molecule has 20 heavy (non-hydrogen) atoms. The molecular weight excluding hydrogens is 300 g/mol. The minimum atomic E-state index is -3.16. The smallest absolute Gasteiger partial charge is 0.236 e. The highest BCUT2D eigenvalue weighted by atomic mass is 32.2. The van der Waals surface area contributed by atoms with Crippen LogP contribution in [0.5, 0.6) is 0 Å². The lowest BCUT2D eigenvalue weighted by Crippen LogP contribution is -2.23. The molecule has 6 nitrogen and oxygen atoms in total. The summed E-state index contributed by atoms with van der Waals surface area (Å²) in [4.78, 5) is 11.7. The minimum absolute atomic E-state index is 0.0347. The summed E-state index contributed by atoms with van der Waals surface area (Å²) < 4.78 is 33.5. The van der Waals surface area contributed by atoms with Crippen LogP contribution in [0.2, 0.25) is 0 Å². The summed E-state index contributed by atoms with van der Waals surface area (Å²) in [5.74, 6) is -0.857. The third-order valence-electron chi connectivity index (χ3n) is 2.50. The molecule has 0 saturated carbocycles. The second kappa shape index (κ2) is 6.85. The molecule has 0 saturated heterocycles. The van der Waals surface area contributed by atoms with E-state index in [9.17, 15) is 17.4 Å². The van der Waals surface area contributed by atoms with Crippen LogP contribution in [0.1, 0.15) is 5.56 Å². The van der Waals surface area contributed by atoms with Crippen molar-refractivity contribution in [3.63, 3.8) is 0 Å². The predicted molar refractivity (Wildman–Crippen MR) is 81.8 cm³/mol. The Morgan fingerprint density at radius 3 is 2.60 bits per heavy atom. The molecule has 0 aliphatic carbocycles. The number of nitrogen functional groups attached to an aromatic ring is 1. The number of nitrogens with one attached hydrogen (secondary N) is 1. The molecule has 1 atom stereocenters. The second-order valence-electron chi connectivity index (χ2n) is 4.54. The van der Waals surface area contributed by atoms with E-state index in [0.717, 1.165) is 11.8 Å². The normalized spacial score (nSPS) is 12.9. The highest BCUT2D eigenvalue weighted by molar-refractivity contribution is 7.92. The van der Waals surface area contributed by atoms with Crippen molar-refractivity contribution < 1.29 is 17.4 Å². The maximum absolute atomic E-state index is 11.7. The fourth-order valence-corrected chi connectivity index (χ4v) is 3.94. The van der Waals surface area contributed by atoms with Gasteiger partial charge in [-0.05, 0) is 30.7 Å². The number of amides is 1. The Morgan fingerprint density at radius 2 is 2.05 bits per heavy atom. The van der Waals surface area contributed by atoms with Gasteiger partial charge in [0.2, 0.25) is 5.91 Å². The first-order chi connectivity index (χ1) is 9.17. The number of aryl methyl sites for hydroxylation is 1. The zero-order chi connectivity index (χ0) is 15.3. The Labute approximate surface area is 121 Å². The average molecular weight is 318 g/mol. The summed E-state index contributed by atoms with van der Waals surface area (Å²) in [6.07, 6.45) is 1.07. The lowest BCUT2D eigenvalue weighted by molar-refractivity contribution is -0.113. The average Bonchev–Trinajstić information content (AvgIpc) is 2.29. The van der Waals surface area contributed by atoms with E-state index in [2.05, 4.69) is 5.32 Å². The van der Waals surface area contributed by atoms with Gasteiger partial charge in [-0.3, -0.25) is 9.00 Å². The van der Waals surface area contributed by atoms with Gasteiger partial charge in [-0.1, -0.05) is 0 Å². The molecule has 1 rings (SSSR count). The summed E-state index contributed by atoms with van der Waals surface area (Å²) in [7, 11) is -4.66. The third kappa shape index (κ3) is 6.16. The number of hydrogen-bond acceptors (Lipinski definition) is 5. The number of carbonyl (C=O) groups is 1. The summed E-state index contributed by atoms with van der Waals surface area (Å²) >= 11 is 0. The highest BCUT2D eigenvalue weighted by Crippen LogP contribution is 2.17. The standard InChI is InChI=1S/C12H18N2O4S2/c1-9-7-10(13)3-4-11(9)14-12(15)8-19(16)5-6-20(2,17)18/h3-4,7H,5-6,8,13H2,1-2H3,(H,14,15). The first-order valence-electron chi connectivity index (χ1n) is 5.86. The van der Waals surface area contributed by atoms with Crippen LogP contribution in [0.25, 0.3) is 0 Å². The fourth-order valence-electron chi connectivity index (χ4n) is 1.48. The van der Waals surface area contributed by atoms with Gasteiger partial charge in [0.25, 0.3) is 0 Å². The predicted octanol–water partition coefficient (Wildman–Crippen LogP) is 0.309. The molecule has 0 bridgehead atoms. The van der Waals surface area contributed by atoms with Crippen molar-refractivity contribution in [2.45, 2.75) is 6.92 Å². The summed E-state index contributed by atoms with van der Waals surface area (Å²) in [6.45, 7) is 1.80. The lowest BCUT2D eigenvalue weighted by atomic mass is 10.2. The van der Waals surface area contributed by atoms with Crippen molar-refractivity contribution in [1.82, 2.24) is 0 Å². The zero-order valence-corrected chi connectivity index (χ0v) is 13.0. The summed E-state index contributed by atoms with van der Waals surface area (Å²) in [5.41, 5.74) is 7.60. The Bertz CT molecular complexity index is 626. The van der Waals surface area contributed by atoms with Crippen molar-refractivity contribution in [2.24, 2.45) is 0 Å². The molecular formula is C12H18N2O4S2. The van der Waals surface area contributed by atoms with Crippen LogP contribution in [-0.2, 0) is 25.4 Å². The third-order valence-corrected chi connectivity index (χ3v) is 4.95. The van der Waals surface area contributed by atoms with Crippen molar-refractivity contribution in [1.29, 1.82) is 0 Å². The minimum Gasteiger partial charge on any atom is -0.399 e. The van der Waals surface area contributed by atoms with Gasteiger partial charge in [-0.15, -0.1) is 0 Å². The van der Waals surface area contributed by atoms with Gasteiger partial charge in [0.15, 0.2) is 0 Å². The fraction of sp³-hybridized carbons (Fsp3) is 0.417. The molecule has 0 aliphatic heterocycles. The molecule has 8 heteroatoms. The van der Waals surface area contributed by atoms with Gasteiger partial charge in [0.1, 0.15) is 15.6 Å². The molecule has 0 spiro atoms. The largest absolute Gasteiger partial charge is 0.399 e. The van der Waals surface area contributed by atoms with Gasteiger partial charge in [0, 0.05) is 34.2 Å². The monoisotopic (exact) mass is 318 g/mol. The van der Waals surface area contributed by atoms with E-state index >= 15 is 0 Å². The van der Waals surface area contributed by atoms with E-state index in [1.807, 2.05) is 0 Å². The van der Waals surface area contributed by atoms with Crippen LogP contribution in [-0.4, -0.2) is 42.0 Å². The van der Waals surface area contributed by atoms with E-state index in [0.29, 0.717) is 11.4 Å². The quantitative estimate of drug-likeness (QED) is 0.734. The molecule has 0 aromatic heterocycles. The number of rotatable bonds is 6. The van der Waals surface area contributed by atoms with Crippen LogP contribution in [0.3, 0.4) is 0 Å². The molecule has 0 heterocycles. The van der Waals surface area contributed by atoms with E-state index in [-0.39, 0.29) is 17.3 Å². The number of nitrogens with two attached hydrogens (primary N) is 1. The van der Waals surface area contributed by atoms with Gasteiger partial charge in [-0.25, -0.2) is 8.42 Å². The van der Waals surface area contributed by atoms with E-state index in [1.54, 1.807) is 25.1 Å². The maximum atomic E-state index is 11.7. The maximum Gasteiger partial charge on any atom is 0.236 e.